The molecule has 1 N–H and O–H groups in total. The van der Waals surface area contributed by atoms with Crippen LogP contribution in [0.15, 0.2) is 28.7 Å². The summed E-state index contributed by atoms with van der Waals surface area (Å²) in [6, 6.07) is 7.70. The van der Waals surface area contributed by atoms with Gasteiger partial charge in [-0.1, -0.05) is 29.3 Å². The molecule has 1 saturated heterocycles. The summed E-state index contributed by atoms with van der Waals surface area (Å²) in [4.78, 5) is 14.0. The summed E-state index contributed by atoms with van der Waals surface area (Å²) in [6.45, 7) is 3.96. The Labute approximate surface area is 117 Å². The smallest absolute Gasteiger partial charge is 0.321 e. The Balaban J connectivity index is 1.93. The number of hydrogen-bond donors (Lipinski definition) is 1. The van der Waals surface area contributed by atoms with E-state index in [0.29, 0.717) is 5.92 Å². The molecule has 0 radical (unpaired) electrons. The van der Waals surface area contributed by atoms with Crippen LogP contribution in [0.2, 0.25) is 0 Å². The molecule has 2 rings (SSSR count). The van der Waals surface area contributed by atoms with E-state index < -0.39 is 0 Å². The first kappa shape index (κ1) is 13.4. The van der Waals surface area contributed by atoms with Crippen molar-refractivity contribution in [2.45, 2.75) is 26.2 Å². The van der Waals surface area contributed by atoms with E-state index in [1.54, 1.807) is 0 Å². The van der Waals surface area contributed by atoms with Crippen molar-refractivity contribution in [3.63, 3.8) is 0 Å². The van der Waals surface area contributed by atoms with Crippen molar-refractivity contribution >= 4 is 27.6 Å². The Kier molecular flexibility index (Phi) is 4.64. The molecule has 2 amide bonds. The Hall–Kier alpha value is -1.03. The minimum absolute atomic E-state index is 0.0236. The molecule has 0 aromatic heterocycles. The number of nitrogens with one attached hydrogen (secondary N) is 1. The first-order valence-corrected chi connectivity index (χ1v) is 7.30. The van der Waals surface area contributed by atoms with Crippen LogP contribution in [-0.2, 0) is 0 Å². The number of rotatable bonds is 2. The number of nitrogens with zero attached hydrogens (tertiary/aromatic N) is 1. The van der Waals surface area contributed by atoms with Crippen LogP contribution in [0.3, 0.4) is 0 Å². The van der Waals surface area contributed by atoms with Gasteiger partial charge in [0, 0.05) is 23.2 Å². The Morgan fingerprint density at radius 2 is 2.17 bits per heavy atom. The van der Waals surface area contributed by atoms with Crippen molar-refractivity contribution in [3.05, 3.63) is 28.7 Å². The molecule has 0 saturated carbocycles. The highest BCUT2D eigenvalue weighted by Gasteiger charge is 2.22. The maximum Gasteiger partial charge on any atom is 0.321 e. The van der Waals surface area contributed by atoms with Gasteiger partial charge in [0.15, 0.2) is 0 Å². The molecule has 1 aliphatic rings. The molecule has 1 atom stereocenters. The van der Waals surface area contributed by atoms with Crippen molar-refractivity contribution in [3.8, 4) is 0 Å². The van der Waals surface area contributed by atoms with Crippen LogP contribution in [0.25, 0.3) is 0 Å². The zero-order valence-corrected chi connectivity index (χ0v) is 12.2. The quantitative estimate of drug-likeness (QED) is 0.876. The van der Waals surface area contributed by atoms with Crippen LogP contribution in [0.4, 0.5) is 10.5 Å². The lowest BCUT2D eigenvalue weighted by molar-refractivity contribution is 0.176. The van der Waals surface area contributed by atoms with Gasteiger partial charge in [0.25, 0.3) is 0 Å². The number of hydrogen-bond acceptors (Lipinski definition) is 1. The number of carbonyl (C=O) groups excluding carboxylic acids is 1. The molecule has 1 fully saturated rings. The van der Waals surface area contributed by atoms with Gasteiger partial charge in [-0.3, -0.25) is 0 Å². The predicted molar refractivity (Wildman–Crippen MR) is 77.7 cm³/mol. The largest absolute Gasteiger partial charge is 0.324 e. The molecule has 0 unspecified atom stereocenters. The minimum Gasteiger partial charge on any atom is -0.324 e. The normalized spacial score (nSPS) is 19.7. The summed E-state index contributed by atoms with van der Waals surface area (Å²) in [5.74, 6) is 0.661. The van der Waals surface area contributed by atoms with E-state index in [0.717, 1.165) is 36.1 Å². The summed E-state index contributed by atoms with van der Waals surface area (Å²) in [5, 5.41) is 2.95. The third kappa shape index (κ3) is 3.48. The average molecular weight is 311 g/mol. The monoisotopic (exact) mass is 310 g/mol. The summed E-state index contributed by atoms with van der Waals surface area (Å²) in [6.07, 6.45) is 3.52. The van der Waals surface area contributed by atoms with Crippen molar-refractivity contribution in [1.29, 1.82) is 0 Å². The highest BCUT2D eigenvalue weighted by Crippen LogP contribution is 2.20. The number of anilines is 1. The summed E-state index contributed by atoms with van der Waals surface area (Å²) >= 11 is 3.38. The lowest BCUT2D eigenvalue weighted by Gasteiger charge is -2.32. The SMILES string of the molecule is CC[C@@H]1CCCN(C(=O)Nc2ccc(Br)cc2)C1. The predicted octanol–water partition coefficient (Wildman–Crippen LogP) is 4.10. The molecule has 0 aliphatic carbocycles. The van der Waals surface area contributed by atoms with Crippen LogP contribution in [0.5, 0.6) is 0 Å². The number of carbonyl (C=O) groups is 1. The third-order valence-corrected chi connectivity index (χ3v) is 4.01. The van der Waals surface area contributed by atoms with Crippen LogP contribution in [-0.4, -0.2) is 24.0 Å². The molecule has 0 spiro atoms. The second kappa shape index (κ2) is 6.23. The number of piperidine rings is 1. The van der Waals surface area contributed by atoms with Gasteiger partial charge >= 0.3 is 6.03 Å². The fourth-order valence-electron chi connectivity index (χ4n) is 2.32. The fourth-order valence-corrected chi connectivity index (χ4v) is 2.58. The second-order valence-electron chi connectivity index (χ2n) is 4.80. The van der Waals surface area contributed by atoms with E-state index in [1.807, 2.05) is 29.2 Å². The molecule has 1 aliphatic heterocycles. The molecular formula is C14H19BrN2O. The first-order chi connectivity index (χ1) is 8.69. The molecule has 3 nitrogen and oxygen atoms in total. The van der Waals surface area contributed by atoms with Crippen molar-refractivity contribution in [2.75, 3.05) is 18.4 Å². The Bertz CT molecular complexity index is 405. The number of likely N-dealkylation sites (tertiary alicyclic amines) is 1. The van der Waals surface area contributed by atoms with Gasteiger partial charge in [0.2, 0.25) is 0 Å². The number of benzene rings is 1. The van der Waals surface area contributed by atoms with Gasteiger partial charge in [0.1, 0.15) is 0 Å². The maximum atomic E-state index is 12.1. The van der Waals surface area contributed by atoms with Gasteiger partial charge in [-0.25, -0.2) is 4.79 Å². The molecule has 4 heteroatoms. The van der Waals surface area contributed by atoms with Gasteiger partial charge < -0.3 is 10.2 Å². The van der Waals surface area contributed by atoms with Gasteiger partial charge in [-0.2, -0.15) is 0 Å². The minimum atomic E-state index is 0.0236. The molecule has 0 bridgehead atoms. The first-order valence-electron chi connectivity index (χ1n) is 6.50. The molecule has 98 valence electrons. The fraction of sp³-hybridized carbons (Fsp3) is 0.500. The molecule has 1 aromatic carbocycles. The van der Waals surface area contributed by atoms with Crippen molar-refractivity contribution < 1.29 is 4.79 Å². The molecular weight excluding hydrogens is 292 g/mol. The van der Waals surface area contributed by atoms with E-state index in [4.69, 9.17) is 0 Å². The van der Waals surface area contributed by atoms with Crippen LogP contribution >= 0.6 is 15.9 Å². The number of amides is 2. The topological polar surface area (TPSA) is 32.3 Å². The van der Waals surface area contributed by atoms with Crippen LogP contribution in [0.1, 0.15) is 26.2 Å². The third-order valence-electron chi connectivity index (χ3n) is 3.48. The Morgan fingerprint density at radius 1 is 1.44 bits per heavy atom. The highest BCUT2D eigenvalue weighted by atomic mass is 79.9. The number of urea groups is 1. The van der Waals surface area contributed by atoms with E-state index in [9.17, 15) is 4.79 Å². The van der Waals surface area contributed by atoms with E-state index in [2.05, 4.69) is 28.2 Å². The van der Waals surface area contributed by atoms with Crippen LogP contribution < -0.4 is 5.32 Å². The van der Waals surface area contributed by atoms with E-state index in [1.165, 1.54) is 6.42 Å². The van der Waals surface area contributed by atoms with Crippen molar-refractivity contribution in [2.24, 2.45) is 5.92 Å². The summed E-state index contributed by atoms with van der Waals surface area (Å²) < 4.78 is 1.02. The lowest BCUT2D eigenvalue weighted by Crippen LogP contribution is -2.42. The number of halogens is 1. The maximum absolute atomic E-state index is 12.1. The van der Waals surface area contributed by atoms with Gasteiger partial charge in [-0.05, 0) is 43.0 Å². The van der Waals surface area contributed by atoms with Crippen molar-refractivity contribution in [1.82, 2.24) is 4.90 Å². The zero-order chi connectivity index (χ0) is 13.0. The summed E-state index contributed by atoms with van der Waals surface area (Å²) in [5.41, 5.74) is 0.849. The average Bonchev–Trinajstić information content (AvgIpc) is 2.41. The van der Waals surface area contributed by atoms with E-state index in [-0.39, 0.29) is 6.03 Å². The molecule has 1 aromatic rings. The zero-order valence-electron chi connectivity index (χ0n) is 10.7. The Morgan fingerprint density at radius 3 is 2.83 bits per heavy atom. The van der Waals surface area contributed by atoms with Gasteiger partial charge in [-0.15, -0.1) is 0 Å². The second-order valence-corrected chi connectivity index (χ2v) is 5.72. The van der Waals surface area contributed by atoms with Gasteiger partial charge in [0.05, 0.1) is 0 Å². The standard InChI is InChI=1S/C14H19BrN2O/c1-2-11-4-3-9-17(10-11)14(18)16-13-7-5-12(15)6-8-13/h5-8,11H,2-4,9-10H2,1H3,(H,16,18)/t11-/m1/s1. The highest BCUT2D eigenvalue weighted by molar-refractivity contribution is 9.10. The lowest BCUT2D eigenvalue weighted by atomic mass is 9.96. The van der Waals surface area contributed by atoms with E-state index >= 15 is 0 Å². The molecule has 18 heavy (non-hydrogen) atoms. The summed E-state index contributed by atoms with van der Waals surface area (Å²) in [7, 11) is 0. The molecule has 1 heterocycles. The van der Waals surface area contributed by atoms with Crippen LogP contribution in [0, 0.1) is 5.92 Å².